The molecule has 6 nitrogen and oxygen atoms in total. The van der Waals surface area contributed by atoms with E-state index in [-0.39, 0.29) is 24.6 Å². The standard InChI is InChI=1S/C17H23F3N4O2/c1-2-26-16(25)24-9-7-14(8-10-24)23-15(21)22-11-12-3-5-13(6-4-12)17(18,19)20/h3-6,14H,2,7-11H2,1H3,(H3,21,22,23). The number of piperidine rings is 1. The lowest BCUT2D eigenvalue weighted by molar-refractivity contribution is -0.137. The summed E-state index contributed by atoms with van der Waals surface area (Å²) in [5.74, 6) is 0.236. The molecular formula is C17H23F3N4O2. The summed E-state index contributed by atoms with van der Waals surface area (Å²) in [6.45, 7) is 3.45. The predicted octanol–water partition coefficient (Wildman–Crippen LogP) is 2.73. The number of carbonyl (C=O) groups excluding carboxylic acids is 1. The SMILES string of the molecule is CCOC(=O)N1CCC(NC(N)=NCc2ccc(C(F)(F)F)cc2)CC1. The summed E-state index contributed by atoms with van der Waals surface area (Å²) < 4.78 is 42.5. The minimum atomic E-state index is -4.35. The highest BCUT2D eigenvalue weighted by molar-refractivity contribution is 5.78. The molecule has 1 aliphatic rings. The number of rotatable bonds is 4. The van der Waals surface area contributed by atoms with Gasteiger partial charge >= 0.3 is 12.3 Å². The highest BCUT2D eigenvalue weighted by Crippen LogP contribution is 2.29. The van der Waals surface area contributed by atoms with E-state index >= 15 is 0 Å². The van der Waals surface area contributed by atoms with Gasteiger partial charge in [-0.3, -0.25) is 0 Å². The molecule has 0 bridgehead atoms. The quantitative estimate of drug-likeness (QED) is 0.629. The third kappa shape index (κ3) is 5.82. The monoisotopic (exact) mass is 372 g/mol. The molecule has 0 unspecified atom stereocenters. The number of nitrogens with two attached hydrogens (primary N) is 1. The zero-order chi connectivity index (χ0) is 19.2. The Balaban J connectivity index is 1.79. The summed E-state index contributed by atoms with van der Waals surface area (Å²) in [5.41, 5.74) is 5.80. The summed E-state index contributed by atoms with van der Waals surface area (Å²) in [7, 11) is 0. The van der Waals surface area contributed by atoms with Crippen molar-refractivity contribution in [3.05, 3.63) is 35.4 Å². The van der Waals surface area contributed by atoms with Gasteiger partial charge in [0.1, 0.15) is 0 Å². The molecule has 1 aromatic rings. The summed E-state index contributed by atoms with van der Waals surface area (Å²) in [6.07, 6.45) is -3.22. The number of carbonyl (C=O) groups is 1. The molecular weight excluding hydrogens is 349 g/mol. The number of alkyl halides is 3. The topological polar surface area (TPSA) is 80.0 Å². The molecule has 1 aliphatic heterocycles. The molecule has 9 heteroatoms. The van der Waals surface area contributed by atoms with Gasteiger partial charge in [-0.15, -0.1) is 0 Å². The van der Waals surface area contributed by atoms with Crippen molar-refractivity contribution in [2.45, 2.75) is 38.5 Å². The Morgan fingerprint density at radius 2 is 1.92 bits per heavy atom. The average molecular weight is 372 g/mol. The number of ether oxygens (including phenoxy) is 1. The zero-order valence-electron chi connectivity index (χ0n) is 14.6. The number of hydrogen-bond acceptors (Lipinski definition) is 3. The summed E-state index contributed by atoms with van der Waals surface area (Å²) >= 11 is 0. The Morgan fingerprint density at radius 3 is 2.46 bits per heavy atom. The lowest BCUT2D eigenvalue weighted by Gasteiger charge is -2.31. The first-order valence-corrected chi connectivity index (χ1v) is 8.44. The number of benzene rings is 1. The van der Waals surface area contributed by atoms with Gasteiger partial charge in [0.2, 0.25) is 0 Å². The molecule has 3 N–H and O–H groups in total. The van der Waals surface area contributed by atoms with E-state index in [2.05, 4.69) is 10.3 Å². The van der Waals surface area contributed by atoms with Crippen molar-refractivity contribution >= 4 is 12.1 Å². The molecule has 26 heavy (non-hydrogen) atoms. The van der Waals surface area contributed by atoms with Crippen LogP contribution in [0.3, 0.4) is 0 Å². The van der Waals surface area contributed by atoms with Gasteiger partial charge in [-0.1, -0.05) is 12.1 Å². The number of likely N-dealkylation sites (tertiary alicyclic amines) is 1. The van der Waals surface area contributed by atoms with Crippen LogP contribution in [0.2, 0.25) is 0 Å². The van der Waals surface area contributed by atoms with Crippen molar-refractivity contribution in [2.24, 2.45) is 10.7 Å². The molecule has 1 fully saturated rings. The number of nitrogens with one attached hydrogen (secondary N) is 1. The number of guanidine groups is 1. The highest BCUT2D eigenvalue weighted by Gasteiger charge is 2.29. The average Bonchev–Trinajstić information content (AvgIpc) is 2.60. The fourth-order valence-electron chi connectivity index (χ4n) is 2.65. The molecule has 1 saturated heterocycles. The fraction of sp³-hybridized carbons (Fsp3) is 0.529. The Morgan fingerprint density at radius 1 is 1.31 bits per heavy atom. The third-order valence-corrected chi connectivity index (χ3v) is 4.09. The Labute approximate surface area is 150 Å². The molecule has 0 aliphatic carbocycles. The van der Waals surface area contributed by atoms with E-state index < -0.39 is 11.7 Å². The largest absolute Gasteiger partial charge is 0.450 e. The van der Waals surface area contributed by atoms with Gasteiger partial charge < -0.3 is 20.7 Å². The first-order valence-electron chi connectivity index (χ1n) is 8.44. The lowest BCUT2D eigenvalue weighted by atomic mass is 10.1. The van der Waals surface area contributed by atoms with Crippen molar-refractivity contribution in [3.8, 4) is 0 Å². The molecule has 0 radical (unpaired) electrons. The van der Waals surface area contributed by atoms with Crippen molar-refractivity contribution in [3.63, 3.8) is 0 Å². The van der Waals surface area contributed by atoms with Crippen LogP contribution in [0.25, 0.3) is 0 Å². The summed E-state index contributed by atoms with van der Waals surface area (Å²) in [5, 5.41) is 3.09. The Kier molecular flexibility index (Phi) is 6.70. The van der Waals surface area contributed by atoms with Crippen LogP contribution in [-0.2, 0) is 17.5 Å². The fourth-order valence-corrected chi connectivity index (χ4v) is 2.65. The summed E-state index contributed by atoms with van der Waals surface area (Å²) in [4.78, 5) is 17.4. The van der Waals surface area contributed by atoms with Gasteiger partial charge in [-0.25, -0.2) is 9.79 Å². The van der Waals surface area contributed by atoms with Crippen LogP contribution >= 0.6 is 0 Å². The van der Waals surface area contributed by atoms with Gasteiger partial charge in [0.05, 0.1) is 18.7 Å². The van der Waals surface area contributed by atoms with Gasteiger partial charge in [-0.2, -0.15) is 13.2 Å². The van der Waals surface area contributed by atoms with E-state index in [9.17, 15) is 18.0 Å². The maximum absolute atomic E-state index is 12.5. The Hall–Kier alpha value is -2.45. The van der Waals surface area contributed by atoms with Gasteiger partial charge in [-0.05, 0) is 37.5 Å². The molecule has 0 atom stereocenters. The first-order chi connectivity index (χ1) is 12.3. The molecule has 1 amide bonds. The number of aliphatic imine (C=N–C) groups is 1. The number of hydrogen-bond donors (Lipinski definition) is 2. The van der Waals surface area contributed by atoms with Crippen LogP contribution in [0.1, 0.15) is 30.9 Å². The normalized spacial score (nSPS) is 16.5. The number of amides is 1. The second-order valence-corrected chi connectivity index (χ2v) is 6.00. The van der Waals surface area contributed by atoms with Crippen LogP contribution < -0.4 is 11.1 Å². The van der Waals surface area contributed by atoms with E-state index in [4.69, 9.17) is 10.5 Å². The Bertz CT molecular complexity index is 624. The summed E-state index contributed by atoms with van der Waals surface area (Å²) in [6, 6.07) is 4.92. The lowest BCUT2D eigenvalue weighted by Crippen LogP contribution is -2.48. The molecule has 2 rings (SSSR count). The molecule has 0 spiro atoms. The zero-order valence-corrected chi connectivity index (χ0v) is 14.6. The van der Waals surface area contributed by atoms with Crippen LogP contribution in [0, 0.1) is 0 Å². The predicted molar refractivity (Wildman–Crippen MR) is 91.5 cm³/mol. The minimum Gasteiger partial charge on any atom is -0.450 e. The van der Waals surface area contributed by atoms with Crippen molar-refractivity contribution in [1.82, 2.24) is 10.2 Å². The van der Waals surface area contributed by atoms with Crippen LogP contribution in [-0.4, -0.2) is 42.7 Å². The van der Waals surface area contributed by atoms with Gasteiger partial charge in [0.15, 0.2) is 5.96 Å². The van der Waals surface area contributed by atoms with Crippen LogP contribution in [0.15, 0.2) is 29.3 Å². The molecule has 144 valence electrons. The molecule has 0 aromatic heterocycles. The van der Waals surface area contributed by atoms with E-state index in [0.29, 0.717) is 25.3 Å². The maximum atomic E-state index is 12.5. The molecule has 1 heterocycles. The van der Waals surface area contributed by atoms with Crippen molar-refractivity contribution < 1.29 is 22.7 Å². The van der Waals surface area contributed by atoms with Crippen molar-refractivity contribution in [1.29, 1.82) is 0 Å². The van der Waals surface area contributed by atoms with Crippen molar-refractivity contribution in [2.75, 3.05) is 19.7 Å². The smallest absolute Gasteiger partial charge is 0.416 e. The maximum Gasteiger partial charge on any atom is 0.416 e. The van der Waals surface area contributed by atoms with E-state index in [1.54, 1.807) is 11.8 Å². The molecule has 0 saturated carbocycles. The van der Waals surface area contributed by atoms with E-state index in [1.807, 2.05) is 0 Å². The van der Waals surface area contributed by atoms with E-state index in [1.165, 1.54) is 12.1 Å². The van der Waals surface area contributed by atoms with Crippen LogP contribution in [0.5, 0.6) is 0 Å². The van der Waals surface area contributed by atoms with Crippen LogP contribution in [0.4, 0.5) is 18.0 Å². The molecule has 1 aromatic carbocycles. The number of halogens is 3. The minimum absolute atomic E-state index is 0.0945. The van der Waals surface area contributed by atoms with Gasteiger partial charge in [0.25, 0.3) is 0 Å². The first kappa shape index (κ1) is 19.9. The van der Waals surface area contributed by atoms with E-state index in [0.717, 1.165) is 25.0 Å². The highest BCUT2D eigenvalue weighted by atomic mass is 19.4. The second-order valence-electron chi connectivity index (χ2n) is 6.00. The third-order valence-electron chi connectivity index (χ3n) is 4.09. The second kappa shape index (κ2) is 8.77. The van der Waals surface area contributed by atoms with Gasteiger partial charge in [0, 0.05) is 19.1 Å². The number of nitrogens with zero attached hydrogens (tertiary/aromatic N) is 2.